The van der Waals surface area contributed by atoms with Gasteiger partial charge in [-0.1, -0.05) is 6.92 Å². The summed E-state index contributed by atoms with van der Waals surface area (Å²) in [6.07, 6.45) is 1.92. The number of hydrazine groups is 1. The molecule has 0 unspecified atom stereocenters. The predicted octanol–water partition coefficient (Wildman–Crippen LogP) is 2.40. The first kappa shape index (κ1) is 14.8. The molecule has 0 saturated carbocycles. The molecular formula is C15H18N4O2. The fraction of sp³-hybridized carbons (Fsp3) is 0.267. The summed E-state index contributed by atoms with van der Waals surface area (Å²) in [7, 11) is 0. The molecule has 1 amide bonds. The van der Waals surface area contributed by atoms with E-state index in [0.29, 0.717) is 23.8 Å². The van der Waals surface area contributed by atoms with Gasteiger partial charge in [0.15, 0.2) is 17.4 Å². The zero-order chi connectivity index (χ0) is 15.2. The molecule has 2 heterocycles. The molecule has 0 bridgehead atoms. The van der Waals surface area contributed by atoms with Crippen LogP contribution >= 0.6 is 0 Å². The zero-order valence-electron chi connectivity index (χ0n) is 12.3. The van der Waals surface area contributed by atoms with Crippen molar-refractivity contribution in [3.8, 4) is 0 Å². The van der Waals surface area contributed by atoms with Crippen LogP contribution < -0.4 is 10.9 Å². The van der Waals surface area contributed by atoms with Crippen molar-refractivity contribution in [2.75, 3.05) is 0 Å². The summed E-state index contributed by atoms with van der Waals surface area (Å²) < 4.78 is 5.32. The molecule has 0 saturated heterocycles. The summed E-state index contributed by atoms with van der Waals surface area (Å²) in [6, 6.07) is 7.34. The van der Waals surface area contributed by atoms with Gasteiger partial charge in [-0.15, -0.1) is 0 Å². The van der Waals surface area contributed by atoms with Gasteiger partial charge in [0.05, 0.1) is 6.26 Å². The highest BCUT2D eigenvalue weighted by Gasteiger charge is 2.09. The van der Waals surface area contributed by atoms with Gasteiger partial charge in [-0.05, 0) is 43.7 Å². The minimum absolute atomic E-state index is 0.136. The van der Waals surface area contributed by atoms with Crippen molar-refractivity contribution in [1.29, 1.82) is 0 Å². The molecule has 0 aliphatic heterocycles. The van der Waals surface area contributed by atoms with Crippen LogP contribution in [-0.2, 0) is 4.79 Å². The molecule has 0 aliphatic carbocycles. The van der Waals surface area contributed by atoms with E-state index in [1.54, 1.807) is 25.3 Å². The van der Waals surface area contributed by atoms with Gasteiger partial charge in [0.2, 0.25) is 5.91 Å². The Morgan fingerprint density at radius 3 is 2.76 bits per heavy atom. The fourth-order valence-corrected chi connectivity index (χ4v) is 1.77. The first-order chi connectivity index (χ1) is 10.1. The lowest BCUT2D eigenvalue weighted by Crippen LogP contribution is -2.41. The van der Waals surface area contributed by atoms with Crippen LogP contribution in [0.1, 0.15) is 30.4 Å². The number of amides is 1. The molecule has 2 aromatic rings. The Kier molecular flexibility index (Phi) is 4.71. The van der Waals surface area contributed by atoms with E-state index in [1.165, 1.54) is 0 Å². The standard InChI is InChI=1S/C15H18N4O2/c1-4-14(20)18-19-15(12-6-5-7-21-12)17-13-9-10(2)8-11(3)16-13/h5-9H,4H2,1-3H3,(H,18,20)(H,16,17,19). The van der Waals surface area contributed by atoms with Crippen LogP contribution in [0.5, 0.6) is 0 Å². The minimum Gasteiger partial charge on any atom is -0.461 e. The predicted molar refractivity (Wildman–Crippen MR) is 80.2 cm³/mol. The molecule has 0 aliphatic rings. The molecule has 0 fully saturated rings. The third-order valence-corrected chi connectivity index (χ3v) is 2.71. The number of amidine groups is 1. The molecule has 0 aromatic carbocycles. The van der Waals surface area contributed by atoms with Crippen LogP contribution in [-0.4, -0.2) is 16.7 Å². The second kappa shape index (κ2) is 6.69. The van der Waals surface area contributed by atoms with Gasteiger partial charge in [-0.25, -0.2) is 9.98 Å². The van der Waals surface area contributed by atoms with Crippen LogP contribution in [0.25, 0.3) is 0 Å². The van der Waals surface area contributed by atoms with Crippen LogP contribution in [0.15, 0.2) is 39.9 Å². The van der Waals surface area contributed by atoms with Gasteiger partial charge in [0, 0.05) is 12.1 Å². The normalized spacial score (nSPS) is 11.3. The summed E-state index contributed by atoms with van der Waals surface area (Å²) in [4.78, 5) is 20.1. The largest absolute Gasteiger partial charge is 0.461 e. The van der Waals surface area contributed by atoms with Gasteiger partial charge in [-0.2, -0.15) is 0 Å². The molecule has 6 nitrogen and oxygen atoms in total. The summed E-state index contributed by atoms with van der Waals surface area (Å²) >= 11 is 0. The number of nitrogens with zero attached hydrogens (tertiary/aromatic N) is 2. The highest BCUT2D eigenvalue weighted by molar-refractivity contribution is 5.98. The van der Waals surface area contributed by atoms with E-state index in [1.807, 2.05) is 26.0 Å². The average Bonchev–Trinajstić information content (AvgIpc) is 2.95. The van der Waals surface area contributed by atoms with Crippen molar-refractivity contribution in [1.82, 2.24) is 15.8 Å². The quantitative estimate of drug-likeness (QED) is 0.516. The molecule has 21 heavy (non-hydrogen) atoms. The first-order valence-corrected chi connectivity index (χ1v) is 6.71. The Hall–Kier alpha value is -2.63. The van der Waals surface area contributed by atoms with E-state index in [4.69, 9.17) is 4.42 Å². The van der Waals surface area contributed by atoms with Gasteiger partial charge in [-0.3, -0.25) is 15.6 Å². The van der Waals surface area contributed by atoms with E-state index in [0.717, 1.165) is 11.3 Å². The third-order valence-electron chi connectivity index (χ3n) is 2.71. The number of hydrogen-bond acceptors (Lipinski definition) is 4. The summed E-state index contributed by atoms with van der Waals surface area (Å²) in [5, 5.41) is 0. The lowest BCUT2D eigenvalue weighted by molar-refractivity contribution is -0.121. The van der Waals surface area contributed by atoms with E-state index >= 15 is 0 Å². The number of carbonyl (C=O) groups is 1. The summed E-state index contributed by atoms with van der Waals surface area (Å²) in [5.41, 5.74) is 7.29. The Morgan fingerprint density at radius 2 is 2.14 bits per heavy atom. The van der Waals surface area contributed by atoms with Gasteiger partial charge < -0.3 is 4.42 Å². The number of aliphatic imine (C=N–C) groups is 1. The maximum absolute atomic E-state index is 11.4. The molecule has 0 atom stereocenters. The minimum atomic E-state index is -0.136. The summed E-state index contributed by atoms with van der Waals surface area (Å²) in [5.74, 6) is 1.34. The lowest BCUT2D eigenvalue weighted by Gasteiger charge is -2.09. The Labute approximate surface area is 123 Å². The van der Waals surface area contributed by atoms with E-state index in [-0.39, 0.29) is 5.91 Å². The van der Waals surface area contributed by atoms with E-state index < -0.39 is 0 Å². The third kappa shape index (κ3) is 4.17. The highest BCUT2D eigenvalue weighted by Crippen LogP contribution is 2.14. The van der Waals surface area contributed by atoms with Crippen LogP contribution in [0.4, 0.5) is 5.82 Å². The number of aryl methyl sites for hydroxylation is 2. The second-order valence-corrected chi connectivity index (χ2v) is 4.61. The topological polar surface area (TPSA) is 79.5 Å². The second-order valence-electron chi connectivity index (χ2n) is 4.61. The molecule has 2 rings (SSSR count). The van der Waals surface area contributed by atoms with Crippen molar-refractivity contribution in [3.05, 3.63) is 47.5 Å². The van der Waals surface area contributed by atoms with Crippen molar-refractivity contribution >= 4 is 17.6 Å². The molecule has 110 valence electrons. The van der Waals surface area contributed by atoms with E-state index in [2.05, 4.69) is 20.8 Å². The SMILES string of the molecule is CCC(=O)NN/C(=N\c1cc(C)cc(C)n1)c1ccco1. The Bertz CT molecular complexity index is 627. The van der Waals surface area contributed by atoms with Crippen LogP contribution in [0.2, 0.25) is 0 Å². The molecular weight excluding hydrogens is 268 g/mol. The number of hydrogen-bond donors (Lipinski definition) is 2. The molecule has 6 heteroatoms. The number of carbonyl (C=O) groups excluding carboxylic acids is 1. The number of rotatable bonds is 3. The number of furan rings is 1. The first-order valence-electron chi connectivity index (χ1n) is 6.71. The van der Waals surface area contributed by atoms with Gasteiger partial charge in [0.1, 0.15) is 0 Å². The highest BCUT2D eigenvalue weighted by atomic mass is 16.3. The van der Waals surface area contributed by atoms with E-state index in [9.17, 15) is 4.79 Å². The van der Waals surface area contributed by atoms with Crippen LogP contribution in [0, 0.1) is 13.8 Å². The average molecular weight is 286 g/mol. The van der Waals surface area contributed by atoms with Gasteiger partial charge >= 0.3 is 0 Å². The monoisotopic (exact) mass is 286 g/mol. The molecule has 0 spiro atoms. The molecule has 0 radical (unpaired) electrons. The van der Waals surface area contributed by atoms with Crippen molar-refractivity contribution in [2.24, 2.45) is 4.99 Å². The van der Waals surface area contributed by atoms with Crippen LogP contribution in [0.3, 0.4) is 0 Å². The number of nitrogens with one attached hydrogen (secondary N) is 2. The Balaban J connectivity index is 2.30. The molecule has 2 aromatic heterocycles. The number of aromatic nitrogens is 1. The van der Waals surface area contributed by atoms with Crippen molar-refractivity contribution in [3.63, 3.8) is 0 Å². The van der Waals surface area contributed by atoms with Crippen molar-refractivity contribution in [2.45, 2.75) is 27.2 Å². The summed E-state index contributed by atoms with van der Waals surface area (Å²) in [6.45, 7) is 5.66. The maximum Gasteiger partial charge on any atom is 0.238 e. The maximum atomic E-state index is 11.4. The molecule has 2 N–H and O–H groups in total. The smallest absolute Gasteiger partial charge is 0.238 e. The zero-order valence-corrected chi connectivity index (χ0v) is 12.3. The van der Waals surface area contributed by atoms with Crippen molar-refractivity contribution < 1.29 is 9.21 Å². The Morgan fingerprint density at radius 1 is 1.33 bits per heavy atom. The fourth-order valence-electron chi connectivity index (χ4n) is 1.77. The lowest BCUT2D eigenvalue weighted by atomic mass is 10.2. The number of pyridine rings is 1. The van der Waals surface area contributed by atoms with Gasteiger partial charge in [0.25, 0.3) is 0 Å².